The maximum atomic E-state index is 12.6. The average molecular weight is 432 g/mol. The van der Waals surface area contributed by atoms with E-state index in [9.17, 15) is 4.79 Å². The van der Waals surface area contributed by atoms with E-state index in [2.05, 4.69) is 36.1 Å². The van der Waals surface area contributed by atoms with Gasteiger partial charge in [0.1, 0.15) is 5.75 Å². The maximum absolute atomic E-state index is 12.6. The number of aromatic nitrogens is 1. The number of ether oxygens (including phenoxy) is 2. The zero-order chi connectivity index (χ0) is 22.3. The molecule has 0 unspecified atom stereocenters. The predicted octanol–water partition coefficient (Wildman–Crippen LogP) is 4.46. The third-order valence-electron chi connectivity index (χ3n) is 5.41. The number of rotatable bonds is 9. The van der Waals surface area contributed by atoms with Gasteiger partial charge in [0, 0.05) is 49.0 Å². The molecule has 0 spiro atoms. The molecule has 4 rings (SSSR count). The van der Waals surface area contributed by atoms with Gasteiger partial charge in [-0.2, -0.15) is 0 Å². The Morgan fingerprint density at radius 2 is 1.97 bits per heavy atom. The molecule has 2 heterocycles. The van der Waals surface area contributed by atoms with Gasteiger partial charge in [-0.15, -0.1) is 0 Å². The molecule has 1 aliphatic rings. The van der Waals surface area contributed by atoms with Crippen molar-refractivity contribution < 1.29 is 14.3 Å². The van der Waals surface area contributed by atoms with Gasteiger partial charge in [0.15, 0.2) is 0 Å². The van der Waals surface area contributed by atoms with Crippen LogP contribution in [0.5, 0.6) is 5.75 Å². The first-order chi connectivity index (χ1) is 15.6. The number of esters is 1. The molecule has 0 aliphatic carbocycles. The Kier molecular flexibility index (Phi) is 6.92. The second-order valence-corrected chi connectivity index (χ2v) is 8.14. The number of fused-ring (bicyclic) bond motifs is 1. The number of hydrogen-bond donors (Lipinski definition) is 1. The number of hydrogen-bond acceptors (Lipinski definition) is 5. The largest absolute Gasteiger partial charge is 0.457 e. The number of likely N-dealkylation sites (N-methyl/N-ethyl adjacent to an activating group) is 1. The minimum atomic E-state index is -0.360. The van der Waals surface area contributed by atoms with Crippen molar-refractivity contribution >= 4 is 16.9 Å². The van der Waals surface area contributed by atoms with Crippen LogP contribution in [0.15, 0.2) is 78.8 Å². The van der Waals surface area contributed by atoms with Gasteiger partial charge in [-0.3, -0.25) is 0 Å². The van der Waals surface area contributed by atoms with Crippen molar-refractivity contribution in [1.82, 2.24) is 14.8 Å². The molecule has 1 aromatic heterocycles. The van der Waals surface area contributed by atoms with E-state index in [1.807, 2.05) is 66.0 Å². The summed E-state index contributed by atoms with van der Waals surface area (Å²) in [6.45, 7) is 1.52. The van der Waals surface area contributed by atoms with Crippen molar-refractivity contribution in [3.63, 3.8) is 0 Å². The number of nitrogens with one attached hydrogen (secondary N) is 1. The topological polar surface area (TPSA) is 57.8 Å². The highest BCUT2D eigenvalue weighted by atomic mass is 16.7. The molecule has 0 saturated carbocycles. The van der Waals surface area contributed by atoms with E-state index in [0.717, 1.165) is 23.9 Å². The van der Waals surface area contributed by atoms with Crippen molar-refractivity contribution in [2.24, 2.45) is 0 Å². The molecule has 32 heavy (non-hydrogen) atoms. The van der Waals surface area contributed by atoms with Gasteiger partial charge >= 0.3 is 5.97 Å². The van der Waals surface area contributed by atoms with Crippen molar-refractivity contribution in [3.05, 3.63) is 89.9 Å². The summed E-state index contributed by atoms with van der Waals surface area (Å²) in [6, 6.07) is 16.0. The SMILES string of the molecule is CN(C)CCc1c[nH]c2cccc(OCOC(=O)C3=CN(Cc4ccccc4)C=CC3)c12. The summed E-state index contributed by atoms with van der Waals surface area (Å²) >= 11 is 0. The second kappa shape index (κ2) is 10.2. The summed E-state index contributed by atoms with van der Waals surface area (Å²) in [5, 5.41) is 1.04. The highest BCUT2D eigenvalue weighted by molar-refractivity contribution is 5.90. The summed E-state index contributed by atoms with van der Waals surface area (Å²) in [7, 11) is 4.11. The van der Waals surface area contributed by atoms with E-state index >= 15 is 0 Å². The van der Waals surface area contributed by atoms with Crippen LogP contribution in [0.3, 0.4) is 0 Å². The molecule has 0 radical (unpaired) electrons. The lowest BCUT2D eigenvalue weighted by Gasteiger charge is -2.21. The van der Waals surface area contributed by atoms with Gasteiger partial charge in [0.25, 0.3) is 0 Å². The summed E-state index contributed by atoms with van der Waals surface area (Å²) in [6.07, 6.45) is 9.28. The van der Waals surface area contributed by atoms with Gasteiger partial charge in [-0.25, -0.2) is 4.79 Å². The Morgan fingerprint density at radius 3 is 2.78 bits per heavy atom. The number of benzene rings is 2. The maximum Gasteiger partial charge on any atom is 0.338 e. The van der Waals surface area contributed by atoms with Crippen molar-refractivity contribution in [2.75, 3.05) is 27.4 Å². The second-order valence-electron chi connectivity index (χ2n) is 8.14. The van der Waals surface area contributed by atoms with E-state index in [0.29, 0.717) is 24.3 Å². The molecular weight excluding hydrogens is 402 g/mol. The van der Waals surface area contributed by atoms with Gasteiger partial charge in [0.2, 0.25) is 6.79 Å². The number of H-pyrrole nitrogens is 1. The Labute approximate surface area is 188 Å². The fraction of sp³-hybridized carbons (Fsp3) is 0.269. The van der Waals surface area contributed by atoms with Gasteiger partial charge in [-0.1, -0.05) is 42.5 Å². The molecule has 6 heteroatoms. The fourth-order valence-corrected chi connectivity index (χ4v) is 3.76. The van der Waals surface area contributed by atoms with Crippen LogP contribution in [0.25, 0.3) is 10.9 Å². The number of aromatic amines is 1. The highest BCUT2D eigenvalue weighted by Gasteiger charge is 2.16. The Bertz CT molecular complexity index is 1120. The number of nitrogens with zero attached hydrogens (tertiary/aromatic N) is 2. The Hall–Kier alpha value is -3.51. The van der Waals surface area contributed by atoms with Crippen LogP contribution in [0.4, 0.5) is 0 Å². The van der Waals surface area contributed by atoms with E-state index in [4.69, 9.17) is 9.47 Å². The van der Waals surface area contributed by atoms with Crippen LogP contribution in [0.1, 0.15) is 17.5 Å². The molecule has 1 N–H and O–H groups in total. The molecule has 6 nitrogen and oxygen atoms in total. The third-order valence-corrected chi connectivity index (χ3v) is 5.41. The van der Waals surface area contributed by atoms with E-state index in [1.165, 1.54) is 11.1 Å². The zero-order valence-corrected chi connectivity index (χ0v) is 18.6. The Balaban J connectivity index is 1.36. The molecule has 1 aliphatic heterocycles. The first-order valence-corrected chi connectivity index (χ1v) is 10.8. The fourth-order valence-electron chi connectivity index (χ4n) is 3.76. The van der Waals surface area contributed by atoms with Crippen LogP contribution in [-0.4, -0.2) is 48.2 Å². The van der Waals surface area contributed by atoms with Crippen LogP contribution in [0, 0.1) is 0 Å². The van der Waals surface area contributed by atoms with E-state index in [-0.39, 0.29) is 12.8 Å². The third kappa shape index (κ3) is 5.39. The standard InChI is InChI=1S/C26H29N3O3/c1-28(2)15-13-21-16-27-23-11-6-12-24(25(21)23)31-19-32-26(30)22-10-7-14-29(18-22)17-20-8-4-3-5-9-20/h3-9,11-12,14,16,18,27H,10,13,15,17,19H2,1-2H3. The van der Waals surface area contributed by atoms with Gasteiger partial charge in [0.05, 0.1) is 5.57 Å². The molecule has 2 aromatic carbocycles. The summed E-state index contributed by atoms with van der Waals surface area (Å²) in [5.74, 6) is 0.356. The highest BCUT2D eigenvalue weighted by Crippen LogP contribution is 2.29. The summed E-state index contributed by atoms with van der Waals surface area (Å²) < 4.78 is 11.3. The van der Waals surface area contributed by atoms with Gasteiger partial charge in [-0.05, 0) is 43.8 Å². The van der Waals surface area contributed by atoms with Crippen molar-refractivity contribution in [1.29, 1.82) is 0 Å². The van der Waals surface area contributed by atoms with Crippen LogP contribution in [-0.2, 0) is 22.5 Å². The minimum absolute atomic E-state index is 0.129. The van der Waals surface area contributed by atoms with E-state index < -0.39 is 0 Å². The predicted molar refractivity (Wildman–Crippen MR) is 126 cm³/mol. The first-order valence-electron chi connectivity index (χ1n) is 10.8. The molecule has 166 valence electrons. The van der Waals surface area contributed by atoms with Crippen LogP contribution < -0.4 is 4.74 Å². The Morgan fingerprint density at radius 1 is 1.12 bits per heavy atom. The molecule has 0 fully saturated rings. The summed E-state index contributed by atoms with van der Waals surface area (Å²) in [5.41, 5.74) is 3.99. The van der Waals surface area contributed by atoms with Crippen molar-refractivity contribution in [3.8, 4) is 5.75 Å². The minimum Gasteiger partial charge on any atom is -0.457 e. The van der Waals surface area contributed by atoms with E-state index in [1.54, 1.807) is 0 Å². The van der Waals surface area contributed by atoms with Gasteiger partial charge < -0.3 is 24.3 Å². The molecule has 0 atom stereocenters. The van der Waals surface area contributed by atoms with Crippen LogP contribution in [0.2, 0.25) is 0 Å². The zero-order valence-electron chi connectivity index (χ0n) is 18.6. The molecular formula is C26H29N3O3. The quantitative estimate of drug-likeness (QED) is 0.401. The first kappa shape index (κ1) is 21.7. The normalized spacial score (nSPS) is 13.5. The molecule has 0 saturated heterocycles. The van der Waals surface area contributed by atoms with Crippen molar-refractivity contribution in [2.45, 2.75) is 19.4 Å². The molecule has 0 amide bonds. The monoisotopic (exact) mass is 431 g/mol. The number of carbonyl (C=O) groups is 1. The summed E-state index contributed by atoms with van der Waals surface area (Å²) in [4.78, 5) is 20.0. The lowest BCUT2D eigenvalue weighted by atomic mass is 10.1. The lowest BCUT2D eigenvalue weighted by molar-refractivity contribution is -0.145. The average Bonchev–Trinajstić information content (AvgIpc) is 3.22. The van der Waals surface area contributed by atoms with Crippen LogP contribution >= 0.6 is 0 Å². The molecule has 3 aromatic rings. The number of carbonyl (C=O) groups excluding carboxylic acids is 1. The molecule has 0 bridgehead atoms. The number of allylic oxidation sites excluding steroid dienone is 1. The smallest absolute Gasteiger partial charge is 0.338 e. The lowest BCUT2D eigenvalue weighted by Crippen LogP contribution is -2.19.